The Labute approximate surface area is 207 Å². The molecule has 4 aromatic rings. The molecule has 0 unspecified atom stereocenters. The Morgan fingerprint density at radius 1 is 0.848 bits per heavy atom. The first-order valence-electron chi connectivity index (χ1n) is 10.5. The van der Waals surface area contributed by atoms with Gasteiger partial charge in [0, 0.05) is 5.56 Å². The maximum atomic E-state index is 6.21. The van der Waals surface area contributed by atoms with E-state index in [2.05, 4.69) is 63.4 Å². The number of fused-ring (bicyclic) bond motifs is 1. The minimum Gasteiger partial charge on any atom is -0.496 e. The number of benzene rings is 4. The van der Waals surface area contributed by atoms with Gasteiger partial charge in [-0.2, -0.15) is 5.10 Å². The first-order valence-corrected chi connectivity index (χ1v) is 11.6. The van der Waals surface area contributed by atoms with Crippen molar-refractivity contribution in [2.24, 2.45) is 5.10 Å². The molecule has 4 rings (SSSR count). The molecule has 1 N–H and O–H groups in total. The number of para-hydroxylation sites is 1. The average Bonchev–Trinajstić information content (AvgIpc) is 2.86. The van der Waals surface area contributed by atoms with Gasteiger partial charge in [-0.15, -0.1) is 0 Å². The van der Waals surface area contributed by atoms with E-state index in [1.165, 1.54) is 10.8 Å². The smallest absolute Gasteiger partial charge is 0.174 e. The van der Waals surface area contributed by atoms with Crippen molar-refractivity contribution in [2.45, 2.75) is 13.2 Å². The highest BCUT2D eigenvalue weighted by molar-refractivity contribution is 14.1. The number of nitrogens with zero attached hydrogens (tertiary/aromatic N) is 1. The maximum absolute atomic E-state index is 6.21. The lowest BCUT2D eigenvalue weighted by Gasteiger charge is -2.14. The van der Waals surface area contributed by atoms with Crippen LogP contribution in [0, 0.1) is 3.57 Å². The van der Waals surface area contributed by atoms with Crippen LogP contribution in [0.3, 0.4) is 0 Å². The summed E-state index contributed by atoms with van der Waals surface area (Å²) in [5, 5.41) is 6.75. The molecule has 0 atom stereocenters. The van der Waals surface area contributed by atoms with Gasteiger partial charge in [0.15, 0.2) is 11.5 Å². The van der Waals surface area contributed by atoms with Crippen LogP contribution in [0.2, 0.25) is 0 Å². The minimum absolute atomic E-state index is 0.460. The summed E-state index contributed by atoms with van der Waals surface area (Å²) >= 11 is 2.27. The minimum atomic E-state index is 0.460. The van der Waals surface area contributed by atoms with Gasteiger partial charge in [0.2, 0.25) is 0 Å². The third-order valence-corrected chi connectivity index (χ3v) is 6.07. The van der Waals surface area contributed by atoms with Crippen LogP contribution in [-0.2, 0) is 13.2 Å². The van der Waals surface area contributed by atoms with Crippen LogP contribution in [0.15, 0.2) is 84.0 Å². The molecule has 4 aromatic carbocycles. The second kappa shape index (κ2) is 11.0. The van der Waals surface area contributed by atoms with E-state index >= 15 is 0 Å². The molecule has 0 aliphatic rings. The number of methoxy groups -OCH3 is 2. The van der Waals surface area contributed by atoms with Crippen LogP contribution in [-0.4, -0.2) is 20.4 Å². The third kappa shape index (κ3) is 5.57. The van der Waals surface area contributed by atoms with E-state index < -0.39 is 0 Å². The van der Waals surface area contributed by atoms with Crippen LogP contribution < -0.4 is 19.6 Å². The first kappa shape index (κ1) is 22.9. The van der Waals surface area contributed by atoms with Gasteiger partial charge in [-0.05, 0) is 62.7 Å². The van der Waals surface area contributed by atoms with Crippen molar-refractivity contribution in [3.05, 3.63) is 99.1 Å². The van der Waals surface area contributed by atoms with E-state index in [1.54, 1.807) is 20.4 Å². The van der Waals surface area contributed by atoms with E-state index in [4.69, 9.17) is 14.2 Å². The highest BCUT2D eigenvalue weighted by atomic mass is 127. The van der Waals surface area contributed by atoms with Crippen molar-refractivity contribution in [3.63, 3.8) is 0 Å². The Morgan fingerprint density at radius 3 is 2.42 bits per heavy atom. The van der Waals surface area contributed by atoms with E-state index in [9.17, 15) is 0 Å². The van der Waals surface area contributed by atoms with Gasteiger partial charge >= 0.3 is 0 Å². The second-order valence-electron chi connectivity index (χ2n) is 7.37. The Kier molecular flexibility index (Phi) is 7.67. The second-order valence-corrected chi connectivity index (χ2v) is 8.53. The average molecular weight is 552 g/mol. The maximum Gasteiger partial charge on any atom is 0.174 e. The van der Waals surface area contributed by atoms with Crippen molar-refractivity contribution in [1.29, 1.82) is 0 Å². The van der Waals surface area contributed by atoms with Crippen LogP contribution in [0.1, 0.15) is 16.7 Å². The van der Waals surface area contributed by atoms with Crippen LogP contribution >= 0.6 is 22.6 Å². The molecule has 0 amide bonds. The highest BCUT2D eigenvalue weighted by Gasteiger charge is 2.12. The van der Waals surface area contributed by atoms with Crippen LogP contribution in [0.25, 0.3) is 10.8 Å². The third-order valence-electron chi connectivity index (χ3n) is 5.27. The molecule has 0 aliphatic heterocycles. The summed E-state index contributed by atoms with van der Waals surface area (Å²) in [5.74, 6) is 2.24. The Bertz CT molecular complexity index is 1270. The lowest BCUT2D eigenvalue weighted by atomic mass is 10.1. The monoisotopic (exact) mass is 552 g/mol. The molecule has 0 aromatic heterocycles. The number of nitrogens with one attached hydrogen (secondary N) is 1. The van der Waals surface area contributed by atoms with E-state index in [1.807, 2.05) is 48.5 Å². The zero-order valence-corrected chi connectivity index (χ0v) is 20.7. The van der Waals surface area contributed by atoms with Crippen molar-refractivity contribution in [1.82, 2.24) is 5.43 Å². The number of hydrogen-bond donors (Lipinski definition) is 1. The van der Waals surface area contributed by atoms with Gasteiger partial charge in [-0.25, -0.2) is 0 Å². The van der Waals surface area contributed by atoms with Crippen LogP contribution in [0.5, 0.6) is 17.2 Å². The molecule has 0 aliphatic carbocycles. The van der Waals surface area contributed by atoms with E-state index in [0.29, 0.717) is 18.9 Å². The fraction of sp³-hybridized carbons (Fsp3) is 0.148. The van der Waals surface area contributed by atoms with Gasteiger partial charge in [0.05, 0.1) is 30.5 Å². The standard InChI is InChI=1S/C27H25IN2O3/c1-31-25-13-6-4-9-21(25)17-30-29-16-19-14-24(28)27(26(15-19)32-2)33-18-22-11-7-10-20-8-3-5-12-23(20)22/h3-16,30H,17-18H2,1-2H3/b29-16+. The lowest BCUT2D eigenvalue weighted by molar-refractivity contribution is 0.283. The molecule has 0 saturated carbocycles. The highest BCUT2D eigenvalue weighted by Crippen LogP contribution is 2.34. The SMILES string of the molecule is COc1ccccc1CN/N=C/c1cc(I)c(OCc2cccc3ccccc23)c(OC)c1. The normalized spacial score (nSPS) is 11.0. The number of hydrogen-bond acceptors (Lipinski definition) is 5. The fourth-order valence-electron chi connectivity index (χ4n) is 3.62. The summed E-state index contributed by atoms with van der Waals surface area (Å²) in [7, 11) is 3.32. The van der Waals surface area contributed by atoms with Crippen molar-refractivity contribution >= 4 is 39.6 Å². The quantitative estimate of drug-likeness (QED) is 0.154. The molecule has 6 heteroatoms. The first-order chi connectivity index (χ1) is 16.2. The predicted octanol–water partition coefficient (Wildman–Crippen LogP) is 6.16. The molecule has 0 saturated heterocycles. The van der Waals surface area contributed by atoms with E-state index in [-0.39, 0.29) is 0 Å². The van der Waals surface area contributed by atoms with E-state index in [0.717, 1.165) is 31.8 Å². The molecular formula is C27H25IN2O3. The molecule has 5 nitrogen and oxygen atoms in total. The Morgan fingerprint density at radius 2 is 1.58 bits per heavy atom. The number of halogens is 1. The largest absolute Gasteiger partial charge is 0.496 e. The number of hydrazone groups is 1. The molecule has 0 fully saturated rings. The van der Waals surface area contributed by atoms with Crippen molar-refractivity contribution in [2.75, 3.05) is 14.2 Å². The lowest BCUT2D eigenvalue weighted by Crippen LogP contribution is -2.07. The van der Waals surface area contributed by atoms with Crippen LogP contribution in [0.4, 0.5) is 0 Å². The fourth-order valence-corrected chi connectivity index (χ4v) is 4.40. The molecule has 168 valence electrons. The molecule has 0 heterocycles. The molecular weight excluding hydrogens is 527 g/mol. The topological polar surface area (TPSA) is 52.1 Å². The van der Waals surface area contributed by atoms with Gasteiger partial charge in [-0.3, -0.25) is 0 Å². The Balaban J connectivity index is 1.45. The molecule has 0 spiro atoms. The summed E-state index contributed by atoms with van der Waals surface area (Å²) < 4.78 is 18.2. The molecule has 0 radical (unpaired) electrons. The predicted molar refractivity (Wildman–Crippen MR) is 141 cm³/mol. The summed E-state index contributed by atoms with van der Waals surface area (Å²) in [4.78, 5) is 0. The van der Waals surface area contributed by atoms with Crippen molar-refractivity contribution < 1.29 is 14.2 Å². The summed E-state index contributed by atoms with van der Waals surface area (Å²) in [6, 6.07) is 26.4. The number of ether oxygens (including phenoxy) is 3. The zero-order valence-electron chi connectivity index (χ0n) is 18.5. The van der Waals surface area contributed by atoms with Gasteiger partial charge in [-0.1, -0.05) is 60.7 Å². The Hall–Kier alpha value is -3.26. The summed E-state index contributed by atoms with van der Waals surface area (Å²) in [6.07, 6.45) is 1.77. The molecule has 0 bridgehead atoms. The van der Waals surface area contributed by atoms with Gasteiger partial charge in [0.25, 0.3) is 0 Å². The number of rotatable bonds is 9. The van der Waals surface area contributed by atoms with Gasteiger partial charge < -0.3 is 19.6 Å². The zero-order chi connectivity index (χ0) is 23.0. The summed E-state index contributed by atoms with van der Waals surface area (Å²) in [5.41, 5.74) is 6.17. The van der Waals surface area contributed by atoms with Gasteiger partial charge in [0.1, 0.15) is 12.4 Å². The molecule has 33 heavy (non-hydrogen) atoms. The summed E-state index contributed by atoms with van der Waals surface area (Å²) in [6.45, 7) is 1.03. The van der Waals surface area contributed by atoms with Crippen molar-refractivity contribution in [3.8, 4) is 17.2 Å².